The predicted octanol–water partition coefficient (Wildman–Crippen LogP) is 3.72. The van der Waals surface area contributed by atoms with E-state index in [9.17, 15) is 31.9 Å². The van der Waals surface area contributed by atoms with E-state index in [-0.39, 0.29) is 58.2 Å². The number of rotatable bonds is 9. The molecule has 0 spiro atoms. The number of nitrogens with one attached hydrogen (secondary N) is 2. The number of halogens is 3. The van der Waals surface area contributed by atoms with Crippen LogP contribution in [-0.4, -0.2) is 56.5 Å². The molecule has 4 rings (SSSR count). The Kier molecular flexibility index (Phi) is 8.41. The van der Waals surface area contributed by atoms with Crippen molar-refractivity contribution in [3.8, 4) is 0 Å². The van der Waals surface area contributed by atoms with Gasteiger partial charge in [0.25, 0.3) is 5.91 Å². The highest BCUT2D eigenvalue weighted by atomic mass is 35.5. The Morgan fingerprint density at radius 3 is 2.42 bits per heavy atom. The zero-order valence-electron chi connectivity index (χ0n) is 20.7. The lowest BCUT2D eigenvalue weighted by molar-refractivity contribution is -0.132. The van der Waals surface area contributed by atoms with Crippen LogP contribution in [0.2, 0.25) is 5.02 Å². The second kappa shape index (κ2) is 11.3. The van der Waals surface area contributed by atoms with Gasteiger partial charge in [0.1, 0.15) is 0 Å². The van der Waals surface area contributed by atoms with Crippen LogP contribution in [0.5, 0.6) is 0 Å². The summed E-state index contributed by atoms with van der Waals surface area (Å²) in [6, 6.07) is 6.66. The smallest absolute Gasteiger partial charge is 0.255 e. The third-order valence-electron chi connectivity index (χ3n) is 7.56. The topological polar surface area (TPSA) is 122 Å². The van der Waals surface area contributed by atoms with Crippen LogP contribution in [0.1, 0.15) is 42.5 Å². The Bertz CT molecular complexity index is 1330. The summed E-state index contributed by atoms with van der Waals surface area (Å²) in [5.41, 5.74) is -1.32. The maximum absolute atomic E-state index is 13.7. The van der Waals surface area contributed by atoms with Crippen LogP contribution in [0.15, 0.2) is 41.3 Å². The van der Waals surface area contributed by atoms with Gasteiger partial charge in [0, 0.05) is 31.0 Å². The predicted molar refractivity (Wildman–Crippen MR) is 137 cm³/mol. The van der Waals surface area contributed by atoms with Gasteiger partial charge in [-0.15, -0.1) is 0 Å². The van der Waals surface area contributed by atoms with Gasteiger partial charge >= 0.3 is 0 Å². The van der Waals surface area contributed by atoms with Gasteiger partial charge < -0.3 is 20.5 Å². The number of amides is 2. The van der Waals surface area contributed by atoms with E-state index in [0.717, 1.165) is 12.1 Å². The lowest BCUT2D eigenvalue weighted by Crippen LogP contribution is -2.50. The van der Waals surface area contributed by atoms with Crippen LogP contribution < -0.4 is 10.6 Å². The molecule has 4 atom stereocenters. The van der Waals surface area contributed by atoms with Gasteiger partial charge in [-0.2, -0.15) is 0 Å². The van der Waals surface area contributed by atoms with Crippen molar-refractivity contribution in [2.45, 2.75) is 47.9 Å². The van der Waals surface area contributed by atoms with Gasteiger partial charge in [-0.1, -0.05) is 11.6 Å². The van der Waals surface area contributed by atoms with E-state index in [0.29, 0.717) is 26.0 Å². The molecule has 38 heavy (non-hydrogen) atoms. The van der Waals surface area contributed by atoms with Crippen molar-refractivity contribution in [2.24, 2.45) is 11.8 Å². The molecule has 2 aromatic rings. The molecule has 2 aromatic carbocycles. The Labute approximate surface area is 224 Å². The van der Waals surface area contributed by atoms with Crippen LogP contribution in [0, 0.1) is 23.5 Å². The highest BCUT2D eigenvalue weighted by Gasteiger charge is 2.56. The quantitative estimate of drug-likeness (QED) is 0.395. The first-order valence-corrected chi connectivity index (χ1v) is 14.2. The van der Waals surface area contributed by atoms with Crippen molar-refractivity contribution >= 4 is 38.9 Å². The summed E-state index contributed by atoms with van der Waals surface area (Å²) in [5.74, 6) is -4.00. The van der Waals surface area contributed by atoms with Crippen LogP contribution >= 0.6 is 11.6 Å². The minimum atomic E-state index is -4.01. The molecule has 0 saturated heterocycles. The molecule has 206 valence electrons. The first-order valence-electron chi connectivity index (χ1n) is 12.2. The monoisotopic (exact) mass is 570 g/mol. The molecule has 2 amide bonds. The maximum Gasteiger partial charge on any atom is 0.255 e. The number of ether oxygens (including phenoxy) is 1. The normalized spacial score (nSPS) is 24.7. The van der Waals surface area contributed by atoms with Gasteiger partial charge in [0.2, 0.25) is 5.91 Å². The molecule has 0 heterocycles. The molecule has 8 nitrogen and oxygen atoms in total. The molecule has 2 bridgehead atoms. The Balaban J connectivity index is 1.51. The molecule has 0 radical (unpaired) electrons. The molecule has 0 aromatic heterocycles. The molecular weight excluding hydrogens is 542 g/mol. The summed E-state index contributed by atoms with van der Waals surface area (Å²) in [6.07, 6.45) is 1.40. The fourth-order valence-corrected chi connectivity index (χ4v) is 7.99. The molecule has 2 fully saturated rings. The summed E-state index contributed by atoms with van der Waals surface area (Å²) >= 11 is 6.26. The highest BCUT2D eigenvalue weighted by molar-refractivity contribution is 7.92. The van der Waals surface area contributed by atoms with Crippen LogP contribution in [-0.2, 0) is 19.4 Å². The minimum Gasteiger partial charge on any atom is -0.389 e. The number of sulfone groups is 1. The van der Waals surface area contributed by atoms with E-state index in [1.54, 1.807) is 0 Å². The van der Waals surface area contributed by atoms with Gasteiger partial charge in [0.15, 0.2) is 21.5 Å². The van der Waals surface area contributed by atoms with E-state index < -0.39 is 38.2 Å². The summed E-state index contributed by atoms with van der Waals surface area (Å²) in [6.45, 7) is 0.659. The van der Waals surface area contributed by atoms with E-state index in [2.05, 4.69) is 10.6 Å². The van der Waals surface area contributed by atoms with Crippen molar-refractivity contribution in [3.63, 3.8) is 0 Å². The SMILES string of the molecule is COCCNC(=O)CC1(O)C2CC[C@H]1CC(S(=O)(=O)c1cc(C(=O)Nc3ccc(F)c(F)c3)ccc1Cl)C2. The van der Waals surface area contributed by atoms with Crippen molar-refractivity contribution in [2.75, 3.05) is 25.6 Å². The summed E-state index contributed by atoms with van der Waals surface area (Å²) in [7, 11) is -2.49. The number of aliphatic hydroxyl groups is 1. The molecule has 12 heteroatoms. The molecule has 2 saturated carbocycles. The first kappa shape index (κ1) is 28.4. The maximum atomic E-state index is 13.7. The second-order valence-electron chi connectivity index (χ2n) is 9.85. The van der Waals surface area contributed by atoms with E-state index >= 15 is 0 Å². The molecule has 3 unspecified atom stereocenters. The Morgan fingerprint density at radius 1 is 1.11 bits per heavy atom. The number of fused-ring (bicyclic) bond motifs is 2. The third-order valence-corrected chi connectivity index (χ3v) is 10.2. The third kappa shape index (κ3) is 5.70. The van der Waals surface area contributed by atoms with Gasteiger partial charge in [0.05, 0.1) is 33.8 Å². The molecular formula is C26H29ClF2N2O6S. The minimum absolute atomic E-state index is 0.00246. The average molecular weight is 571 g/mol. The number of hydrogen-bond donors (Lipinski definition) is 3. The molecule has 2 aliphatic carbocycles. The number of benzene rings is 2. The zero-order valence-corrected chi connectivity index (χ0v) is 22.2. The molecule has 0 aliphatic heterocycles. The number of methoxy groups -OCH3 is 1. The average Bonchev–Trinajstić information content (AvgIpc) is 3.02. The van der Waals surface area contributed by atoms with Crippen molar-refractivity contribution in [1.82, 2.24) is 5.32 Å². The van der Waals surface area contributed by atoms with Crippen LogP contribution in [0.25, 0.3) is 0 Å². The highest BCUT2D eigenvalue weighted by Crippen LogP contribution is 2.53. The van der Waals surface area contributed by atoms with Gasteiger partial charge in [-0.05, 0) is 67.9 Å². The first-order chi connectivity index (χ1) is 18.0. The zero-order chi connectivity index (χ0) is 27.7. The summed E-state index contributed by atoms with van der Waals surface area (Å²) in [5, 5.41) is 15.6. The Morgan fingerprint density at radius 2 is 1.79 bits per heavy atom. The fourth-order valence-electron chi connectivity index (χ4n) is 5.58. The van der Waals surface area contributed by atoms with Crippen LogP contribution in [0.4, 0.5) is 14.5 Å². The number of hydrogen-bond acceptors (Lipinski definition) is 6. The lowest BCUT2D eigenvalue weighted by atomic mass is 9.72. The van der Waals surface area contributed by atoms with Gasteiger partial charge in [-0.3, -0.25) is 9.59 Å². The summed E-state index contributed by atoms with van der Waals surface area (Å²) < 4.78 is 58.9. The van der Waals surface area contributed by atoms with Crippen LogP contribution in [0.3, 0.4) is 0 Å². The van der Waals surface area contributed by atoms with E-state index in [4.69, 9.17) is 16.3 Å². The van der Waals surface area contributed by atoms with Crippen molar-refractivity contribution in [1.29, 1.82) is 0 Å². The number of carbonyl (C=O) groups is 2. The largest absolute Gasteiger partial charge is 0.389 e. The molecule has 3 N–H and O–H groups in total. The van der Waals surface area contributed by atoms with Gasteiger partial charge in [-0.25, -0.2) is 17.2 Å². The summed E-state index contributed by atoms with van der Waals surface area (Å²) in [4.78, 5) is 24.9. The van der Waals surface area contributed by atoms with Crippen molar-refractivity contribution < 1.29 is 36.6 Å². The number of anilines is 1. The Hall–Kier alpha value is -2.60. The number of carbonyl (C=O) groups excluding carboxylic acids is 2. The van der Waals surface area contributed by atoms with Crippen molar-refractivity contribution in [3.05, 3.63) is 58.6 Å². The van der Waals surface area contributed by atoms with E-state index in [1.165, 1.54) is 31.4 Å². The molecule has 2 aliphatic rings. The van der Waals surface area contributed by atoms with E-state index in [1.807, 2.05) is 0 Å². The fraction of sp³-hybridized carbons (Fsp3) is 0.462. The standard InChI is InChI=1S/C26H29ClF2N2O6S/c1-37-9-8-30-24(32)14-26(34)16-3-4-17(26)12-19(11-16)38(35,36)23-10-15(2-6-20(23)27)25(33)31-18-5-7-21(28)22(29)13-18/h2,5-7,10,13,16-17,19,34H,3-4,8-9,11-12,14H2,1H3,(H,30,32)(H,31,33)/t16-,17?,19?,26?/m0/s1. The second-order valence-corrected chi connectivity index (χ2v) is 12.5. The lowest BCUT2D eigenvalue weighted by Gasteiger charge is -2.42.